The van der Waals surface area contributed by atoms with E-state index in [-0.39, 0.29) is 5.78 Å². The van der Waals surface area contributed by atoms with Crippen LogP contribution in [0.25, 0.3) is 0 Å². The van der Waals surface area contributed by atoms with E-state index in [1.54, 1.807) is 38.1 Å². The smallest absolute Gasteiger partial charge is 0.182 e. The van der Waals surface area contributed by atoms with Gasteiger partial charge in [-0.2, -0.15) is 0 Å². The standard InChI is InChI=1S/C13H17N3O/c1-8(2)12(17)9(3)16-13(15)10-4-6-11(14)7-5-10/h4-7,9H,1,14H2,2-3H3,(H2,15,16). The molecule has 1 aromatic rings. The lowest BCUT2D eigenvalue weighted by Gasteiger charge is -2.07. The van der Waals surface area contributed by atoms with Crippen molar-refractivity contribution < 1.29 is 4.79 Å². The summed E-state index contributed by atoms with van der Waals surface area (Å²) in [5.41, 5.74) is 13.3. The lowest BCUT2D eigenvalue weighted by atomic mass is 10.1. The Morgan fingerprint density at radius 1 is 1.35 bits per heavy atom. The van der Waals surface area contributed by atoms with Gasteiger partial charge in [0.15, 0.2) is 5.78 Å². The largest absolute Gasteiger partial charge is 0.399 e. The predicted octanol–water partition coefficient (Wildman–Crippen LogP) is 1.51. The van der Waals surface area contributed by atoms with E-state index < -0.39 is 6.04 Å². The molecule has 1 unspecified atom stereocenters. The van der Waals surface area contributed by atoms with Crippen molar-refractivity contribution in [3.05, 3.63) is 42.0 Å². The number of benzene rings is 1. The molecular weight excluding hydrogens is 214 g/mol. The number of anilines is 1. The molecule has 0 radical (unpaired) electrons. The highest BCUT2D eigenvalue weighted by molar-refractivity contribution is 6.03. The zero-order chi connectivity index (χ0) is 13.0. The van der Waals surface area contributed by atoms with Crippen molar-refractivity contribution in [2.45, 2.75) is 19.9 Å². The highest BCUT2D eigenvalue weighted by Gasteiger charge is 2.12. The molecule has 17 heavy (non-hydrogen) atoms. The summed E-state index contributed by atoms with van der Waals surface area (Å²) < 4.78 is 0. The van der Waals surface area contributed by atoms with Crippen LogP contribution in [0.15, 0.2) is 41.4 Å². The molecule has 4 nitrogen and oxygen atoms in total. The number of hydrogen-bond donors (Lipinski definition) is 2. The van der Waals surface area contributed by atoms with E-state index in [0.29, 0.717) is 17.1 Å². The van der Waals surface area contributed by atoms with Crippen LogP contribution in [0.4, 0.5) is 5.69 Å². The Morgan fingerprint density at radius 2 is 1.88 bits per heavy atom. The Hall–Kier alpha value is -2.10. The minimum Gasteiger partial charge on any atom is -0.399 e. The Morgan fingerprint density at radius 3 is 2.35 bits per heavy atom. The molecule has 0 aromatic heterocycles. The summed E-state index contributed by atoms with van der Waals surface area (Å²) >= 11 is 0. The van der Waals surface area contributed by atoms with Crippen LogP contribution in [-0.2, 0) is 4.79 Å². The third-order valence-corrected chi connectivity index (χ3v) is 2.34. The first-order valence-corrected chi connectivity index (χ1v) is 5.30. The number of nitrogens with zero attached hydrogens (tertiary/aromatic N) is 1. The molecular formula is C13H17N3O. The predicted molar refractivity (Wildman–Crippen MR) is 70.9 cm³/mol. The molecule has 1 aromatic carbocycles. The van der Waals surface area contributed by atoms with Gasteiger partial charge in [-0.1, -0.05) is 6.58 Å². The number of hydrogen-bond acceptors (Lipinski definition) is 3. The molecule has 0 aliphatic heterocycles. The minimum atomic E-state index is -0.509. The van der Waals surface area contributed by atoms with Crippen LogP contribution in [-0.4, -0.2) is 17.7 Å². The van der Waals surface area contributed by atoms with E-state index >= 15 is 0 Å². The fourth-order valence-corrected chi connectivity index (χ4v) is 1.35. The Bertz CT molecular complexity index is 460. The number of Topliss-reactive ketones (excluding diaryl/α,β-unsaturated/α-hetero) is 1. The van der Waals surface area contributed by atoms with E-state index in [9.17, 15) is 4.79 Å². The maximum absolute atomic E-state index is 11.6. The van der Waals surface area contributed by atoms with E-state index in [4.69, 9.17) is 11.5 Å². The Labute approximate surface area is 101 Å². The van der Waals surface area contributed by atoms with Gasteiger partial charge in [0.25, 0.3) is 0 Å². The topological polar surface area (TPSA) is 81.5 Å². The number of nitrogens with two attached hydrogens (primary N) is 2. The van der Waals surface area contributed by atoms with Crippen LogP contribution in [0.2, 0.25) is 0 Å². The van der Waals surface area contributed by atoms with Crippen molar-refractivity contribution in [3.63, 3.8) is 0 Å². The first-order chi connectivity index (χ1) is 7.91. The molecule has 1 rings (SSSR count). The number of nitrogen functional groups attached to an aromatic ring is 1. The SMILES string of the molecule is C=C(C)C(=O)C(C)N=C(N)c1ccc(N)cc1. The van der Waals surface area contributed by atoms with Gasteiger partial charge >= 0.3 is 0 Å². The molecule has 0 bridgehead atoms. The van der Waals surface area contributed by atoms with Gasteiger partial charge in [-0.05, 0) is 43.7 Å². The highest BCUT2D eigenvalue weighted by Crippen LogP contribution is 2.07. The van der Waals surface area contributed by atoms with E-state index in [2.05, 4.69) is 11.6 Å². The maximum atomic E-state index is 11.6. The van der Waals surface area contributed by atoms with Gasteiger partial charge in [-0.25, -0.2) is 0 Å². The van der Waals surface area contributed by atoms with Crippen molar-refractivity contribution in [1.82, 2.24) is 0 Å². The molecule has 0 amide bonds. The molecule has 0 fully saturated rings. The van der Waals surface area contributed by atoms with Gasteiger partial charge < -0.3 is 11.5 Å². The average Bonchev–Trinajstić information content (AvgIpc) is 2.28. The van der Waals surface area contributed by atoms with Crippen LogP contribution < -0.4 is 11.5 Å². The summed E-state index contributed by atoms with van der Waals surface area (Å²) in [4.78, 5) is 15.7. The fourth-order valence-electron chi connectivity index (χ4n) is 1.35. The maximum Gasteiger partial charge on any atom is 0.182 e. The quantitative estimate of drug-likeness (QED) is 0.356. The van der Waals surface area contributed by atoms with Crippen LogP contribution in [0.5, 0.6) is 0 Å². The minimum absolute atomic E-state index is 0.108. The number of rotatable bonds is 4. The first-order valence-electron chi connectivity index (χ1n) is 5.30. The lowest BCUT2D eigenvalue weighted by Crippen LogP contribution is -2.22. The molecule has 0 spiro atoms. The van der Waals surface area contributed by atoms with Gasteiger partial charge in [0.1, 0.15) is 11.9 Å². The van der Waals surface area contributed by atoms with Gasteiger partial charge in [0.2, 0.25) is 0 Å². The van der Waals surface area contributed by atoms with Gasteiger partial charge in [-0.3, -0.25) is 9.79 Å². The molecule has 0 aliphatic rings. The van der Waals surface area contributed by atoms with Crippen LogP contribution >= 0.6 is 0 Å². The monoisotopic (exact) mass is 231 g/mol. The molecule has 4 heteroatoms. The Kier molecular flexibility index (Phi) is 4.04. The Balaban J connectivity index is 2.89. The second-order valence-electron chi connectivity index (χ2n) is 3.96. The molecule has 1 atom stereocenters. The number of aliphatic imine (C=N–C) groups is 1. The normalized spacial score (nSPS) is 13.2. The number of ketones is 1. The summed E-state index contributed by atoms with van der Waals surface area (Å²) in [7, 11) is 0. The van der Waals surface area contributed by atoms with Crippen molar-refractivity contribution in [1.29, 1.82) is 0 Å². The number of carbonyl (C=O) groups is 1. The van der Waals surface area contributed by atoms with E-state index in [0.717, 1.165) is 5.56 Å². The van der Waals surface area contributed by atoms with Crippen LogP contribution in [0.1, 0.15) is 19.4 Å². The molecule has 4 N–H and O–H groups in total. The fraction of sp³-hybridized carbons (Fsp3) is 0.231. The zero-order valence-electron chi connectivity index (χ0n) is 10.1. The van der Waals surface area contributed by atoms with Crippen molar-refractivity contribution in [2.24, 2.45) is 10.7 Å². The van der Waals surface area contributed by atoms with Gasteiger partial charge in [0.05, 0.1) is 0 Å². The second-order valence-corrected chi connectivity index (χ2v) is 3.96. The van der Waals surface area contributed by atoms with Crippen molar-refractivity contribution in [3.8, 4) is 0 Å². The summed E-state index contributed by atoms with van der Waals surface area (Å²) in [6.07, 6.45) is 0. The number of carbonyl (C=O) groups excluding carboxylic acids is 1. The molecule has 0 heterocycles. The summed E-state index contributed by atoms with van der Waals surface area (Å²) in [6.45, 7) is 6.95. The van der Waals surface area contributed by atoms with Crippen molar-refractivity contribution in [2.75, 3.05) is 5.73 Å². The van der Waals surface area contributed by atoms with E-state index in [1.165, 1.54) is 0 Å². The van der Waals surface area contributed by atoms with Gasteiger partial charge in [0, 0.05) is 11.3 Å². The molecule has 0 saturated heterocycles. The van der Waals surface area contributed by atoms with Gasteiger partial charge in [-0.15, -0.1) is 0 Å². The third-order valence-electron chi connectivity index (χ3n) is 2.34. The summed E-state index contributed by atoms with van der Waals surface area (Å²) in [5.74, 6) is 0.218. The third kappa shape index (κ3) is 3.45. The zero-order valence-corrected chi connectivity index (χ0v) is 10.1. The molecule has 0 saturated carbocycles. The van der Waals surface area contributed by atoms with Crippen LogP contribution in [0, 0.1) is 0 Å². The summed E-state index contributed by atoms with van der Waals surface area (Å²) in [5, 5.41) is 0. The second kappa shape index (κ2) is 5.30. The number of amidine groups is 1. The van der Waals surface area contributed by atoms with Crippen LogP contribution in [0.3, 0.4) is 0 Å². The molecule has 0 aliphatic carbocycles. The summed E-state index contributed by atoms with van der Waals surface area (Å²) in [6, 6.07) is 6.51. The first kappa shape index (κ1) is 13.0. The van der Waals surface area contributed by atoms with Crippen molar-refractivity contribution >= 4 is 17.3 Å². The van der Waals surface area contributed by atoms with E-state index in [1.807, 2.05) is 0 Å². The highest BCUT2D eigenvalue weighted by atomic mass is 16.1. The lowest BCUT2D eigenvalue weighted by molar-refractivity contribution is -0.116. The average molecular weight is 231 g/mol. The molecule has 90 valence electrons.